The van der Waals surface area contributed by atoms with Crippen molar-refractivity contribution >= 4 is 39.2 Å². The van der Waals surface area contributed by atoms with Gasteiger partial charge in [-0.05, 0) is 71.8 Å². The molecule has 1 heterocycles. The highest BCUT2D eigenvalue weighted by Crippen LogP contribution is 2.30. The number of ether oxygens (including phenoxy) is 1. The minimum Gasteiger partial charge on any atom is -0.492 e. The van der Waals surface area contributed by atoms with Gasteiger partial charge in [-0.15, -0.1) is 0 Å². The molecule has 0 atom stereocenters. The van der Waals surface area contributed by atoms with E-state index in [2.05, 4.69) is 40.0 Å². The maximum absolute atomic E-state index is 5.67. The molecule has 0 saturated heterocycles. The van der Waals surface area contributed by atoms with Crippen LogP contribution < -0.4 is 4.74 Å². The highest BCUT2D eigenvalue weighted by Gasteiger charge is 2.12. The first kappa shape index (κ1) is 14.4. The van der Waals surface area contributed by atoms with E-state index in [-0.39, 0.29) is 0 Å². The zero-order chi connectivity index (χ0) is 15.0. The third-order valence-corrected chi connectivity index (χ3v) is 4.28. The Labute approximate surface area is 136 Å². The van der Waals surface area contributed by atoms with Crippen LogP contribution in [-0.4, -0.2) is 16.2 Å². The fourth-order valence-electron chi connectivity index (χ4n) is 2.41. The van der Waals surface area contributed by atoms with E-state index >= 15 is 0 Å². The van der Waals surface area contributed by atoms with Crippen LogP contribution in [0.5, 0.6) is 5.75 Å². The summed E-state index contributed by atoms with van der Waals surface area (Å²) in [4.78, 5) is 3.26. The summed E-state index contributed by atoms with van der Waals surface area (Å²) in [6.07, 6.45) is 0. The molecule has 0 spiro atoms. The number of H-pyrrole nitrogens is 1. The molecule has 1 aromatic heterocycles. The number of aryl methyl sites for hydroxylation is 1. The van der Waals surface area contributed by atoms with Gasteiger partial charge in [-0.25, -0.2) is 0 Å². The minimum absolute atomic E-state index is 0.624. The molecule has 5 heteroatoms. The molecule has 0 saturated carbocycles. The number of benzene rings is 2. The first-order valence-electron chi connectivity index (χ1n) is 6.75. The van der Waals surface area contributed by atoms with E-state index in [4.69, 9.17) is 17.0 Å². The first-order valence-corrected chi connectivity index (χ1v) is 7.95. The zero-order valence-corrected chi connectivity index (χ0v) is 14.2. The van der Waals surface area contributed by atoms with Gasteiger partial charge in [-0.2, -0.15) is 0 Å². The number of para-hydroxylation sites is 1. The number of fused-ring (bicyclic) bond motifs is 1. The van der Waals surface area contributed by atoms with Crippen LogP contribution in [0.15, 0.2) is 40.9 Å². The van der Waals surface area contributed by atoms with Gasteiger partial charge in [0.25, 0.3) is 0 Å². The summed E-state index contributed by atoms with van der Waals surface area (Å²) in [6, 6.07) is 12.2. The van der Waals surface area contributed by atoms with Gasteiger partial charge in [0.15, 0.2) is 4.77 Å². The number of rotatable bonds is 3. The van der Waals surface area contributed by atoms with Crippen molar-refractivity contribution < 1.29 is 4.74 Å². The van der Waals surface area contributed by atoms with Crippen molar-refractivity contribution in [1.29, 1.82) is 0 Å². The molecular formula is C16H15BrN2OS. The Hall–Kier alpha value is -1.59. The predicted molar refractivity (Wildman–Crippen MR) is 92.1 cm³/mol. The molecule has 3 rings (SSSR count). The number of hydrogen-bond acceptors (Lipinski definition) is 2. The van der Waals surface area contributed by atoms with E-state index in [1.165, 1.54) is 5.56 Å². The number of nitrogens with one attached hydrogen (secondary N) is 1. The quantitative estimate of drug-likeness (QED) is 0.652. The fraction of sp³-hybridized carbons (Fsp3) is 0.188. The Morgan fingerprint density at radius 2 is 2.10 bits per heavy atom. The van der Waals surface area contributed by atoms with Crippen LogP contribution in [0.2, 0.25) is 0 Å². The number of aromatic amines is 1. The lowest BCUT2D eigenvalue weighted by molar-refractivity contribution is 0.343. The van der Waals surface area contributed by atoms with Crippen molar-refractivity contribution in [2.45, 2.75) is 13.8 Å². The minimum atomic E-state index is 0.624. The lowest BCUT2D eigenvalue weighted by atomic mass is 10.2. The molecule has 0 amide bonds. The number of aromatic nitrogens is 2. The number of hydrogen-bond donors (Lipinski definition) is 1. The molecule has 2 aromatic carbocycles. The normalized spacial score (nSPS) is 11.0. The van der Waals surface area contributed by atoms with Gasteiger partial charge in [-0.1, -0.05) is 12.1 Å². The average Bonchev–Trinajstić information content (AvgIpc) is 2.79. The van der Waals surface area contributed by atoms with Crippen LogP contribution in [-0.2, 0) is 0 Å². The van der Waals surface area contributed by atoms with E-state index in [0.29, 0.717) is 11.4 Å². The largest absolute Gasteiger partial charge is 0.492 e. The van der Waals surface area contributed by atoms with Crippen LogP contribution in [0.1, 0.15) is 12.5 Å². The van der Waals surface area contributed by atoms with Gasteiger partial charge in [-0.3, -0.25) is 4.57 Å². The SMILES string of the molecule is CCOc1cccc2c1[nH]c(=S)n2-c1cc(C)ccc1Br. The van der Waals surface area contributed by atoms with Gasteiger partial charge in [0.05, 0.1) is 17.8 Å². The second-order valence-electron chi connectivity index (χ2n) is 4.80. The number of halogens is 1. The summed E-state index contributed by atoms with van der Waals surface area (Å²) in [5.74, 6) is 0.823. The molecule has 0 aliphatic rings. The molecule has 0 aliphatic heterocycles. The molecule has 0 unspecified atom stereocenters. The summed E-state index contributed by atoms with van der Waals surface area (Å²) < 4.78 is 9.37. The van der Waals surface area contributed by atoms with Crippen molar-refractivity contribution in [1.82, 2.24) is 9.55 Å². The molecule has 0 bridgehead atoms. The van der Waals surface area contributed by atoms with Crippen molar-refractivity contribution in [2.75, 3.05) is 6.61 Å². The number of imidazole rings is 1. The van der Waals surface area contributed by atoms with Crippen molar-refractivity contribution in [3.05, 3.63) is 51.2 Å². The highest BCUT2D eigenvalue weighted by atomic mass is 79.9. The summed E-state index contributed by atoms with van der Waals surface area (Å²) in [5, 5.41) is 0. The van der Waals surface area contributed by atoms with Gasteiger partial charge in [0, 0.05) is 4.47 Å². The molecular weight excluding hydrogens is 348 g/mol. The van der Waals surface area contributed by atoms with E-state index < -0.39 is 0 Å². The van der Waals surface area contributed by atoms with Crippen LogP contribution in [0.25, 0.3) is 16.7 Å². The molecule has 0 radical (unpaired) electrons. The molecule has 1 N–H and O–H groups in total. The summed E-state index contributed by atoms with van der Waals surface area (Å²) >= 11 is 9.12. The lowest BCUT2D eigenvalue weighted by Gasteiger charge is -2.09. The van der Waals surface area contributed by atoms with Crippen LogP contribution >= 0.6 is 28.1 Å². The predicted octanol–water partition coefficient (Wildman–Crippen LogP) is 5.16. The fourth-order valence-corrected chi connectivity index (χ4v) is 3.14. The molecule has 108 valence electrons. The standard InChI is InChI=1S/C16H15BrN2OS/c1-3-20-14-6-4-5-12-15(14)18-16(21)19(12)13-9-10(2)7-8-11(13)17/h4-9H,3H2,1-2H3,(H,18,21). The van der Waals surface area contributed by atoms with Gasteiger partial charge < -0.3 is 9.72 Å². The third-order valence-electron chi connectivity index (χ3n) is 3.32. The van der Waals surface area contributed by atoms with Crippen LogP contribution in [0.3, 0.4) is 0 Å². The second-order valence-corrected chi connectivity index (χ2v) is 6.04. The van der Waals surface area contributed by atoms with Crippen LogP contribution in [0.4, 0.5) is 0 Å². The van der Waals surface area contributed by atoms with Crippen molar-refractivity contribution in [2.24, 2.45) is 0 Å². The molecule has 21 heavy (non-hydrogen) atoms. The van der Waals surface area contributed by atoms with E-state index in [1.807, 2.05) is 35.8 Å². The summed E-state index contributed by atoms with van der Waals surface area (Å²) in [6.45, 7) is 4.67. The van der Waals surface area contributed by atoms with Gasteiger partial charge >= 0.3 is 0 Å². The van der Waals surface area contributed by atoms with Crippen LogP contribution in [0, 0.1) is 11.7 Å². The van der Waals surface area contributed by atoms with Crippen molar-refractivity contribution in [3.63, 3.8) is 0 Å². The Bertz CT molecular complexity index is 866. The second kappa shape index (κ2) is 5.66. The molecule has 0 fully saturated rings. The molecule has 0 aliphatic carbocycles. The molecule has 3 aromatic rings. The summed E-state index contributed by atoms with van der Waals surface area (Å²) in [5.41, 5.74) is 4.15. The monoisotopic (exact) mass is 362 g/mol. The maximum Gasteiger partial charge on any atom is 0.182 e. The Morgan fingerprint density at radius 3 is 2.86 bits per heavy atom. The Morgan fingerprint density at radius 1 is 1.29 bits per heavy atom. The third kappa shape index (κ3) is 2.51. The summed E-state index contributed by atoms with van der Waals surface area (Å²) in [7, 11) is 0. The van der Waals surface area contributed by atoms with Gasteiger partial charge in [0.2, 0.25) is 0 Å². The van der Waals surface area contributed by atoms with E-state index in [9.17, 15) is 0 Å². The highest BCUT2D eigenvalue weighted by molar-refractivity contribution is 9.10. The Balaban J connectivity index is 2.33. The smallest absolute Gasteiger partial charge is 0.182 e. The molecule has 3 nitrogen and oxygen atoms in total. The maximum atomic E-state index is 5.67. The van der Waals surface area contributed by atoms with Gasteiger partial charge in [0.1, 0.15) is 11.3 Å². The Kier molecular flexibility index (Phi) is 3.87. The number of nitrogens with zero attached hydrogens (tertiary/aromatic N) is 1. The zero-order valence-electron chi connectivity index (χ0n) is 11.8. The average molecular weight is 363 g/mol. The first-order chi connectivity index (χ1) is 10.1. The van der Waals surface area contributed by atoms with Crippen molar-refractivity contribution in [3.8, 4) is 11.4 Å². The lowest BCUT2D eigenvalue weighted by Crippen LogP contribution is -1.96. The van der Waals surface area contributed by atoms with E-state index in [1.54, 1.807) is 0 Å². The van der Waals surface area contributed by atoms with E-state index in [0.717, 1.165) is 26.9 Å². The topological polar surface area (TPSA) is 29.9 Å².